The van der Waals surface area contributed by atoms with Gasteiger partial charge in [-0.2, -0.15) is 0 Å². The van der Waals surface area contributed by atoms with Crippen LogP contribution in [0.4, 0.5) is 0 Å². The second-order valence-electron chi connectivity index (χ2n) is 3.31. The number of nitrogens with zero attached hydrogens (tertiary/aromatic N) is 2. The van der Waals surface area contributed by atoms with Crippen LogP contribution in [-0.4, -0.2) is 9.38 Å². The van der Waals surface area contributed by atoms with Gasteiger partial charge in [-0.3, -0.25) is 4.79 Å². The lowest BCUT2D eigenvalue weighted by molar-refractivity contribution is 0.957. The predicted molar refractivity (Wildman–Crippen MR) is 54.0 cm³/mol. The molecule has 0 unspecified atom stereocenters. The lowest BCUT2D eigenvalue weighted by Gasteiger charge is -2.04. The molecule has 0 aromatic carbocycles. The summed E-state index contributed by atoms with van der Waals surface area (Å²) in [4.78, 5) is 15.6. The molecule has 1 aliphatic rings. The number of aromatic nitrogens is 2. The van der Waals surface area contributed by atoms with Crippen molar-refractivity contribution in [2.75, 3.05) is 0 Å². The Bertz CT molecular complexity index is 637. The molecule has 14 heavy (non-hydrogen) atoms. The molecule has 0 bridgehead atoms. The highest BCUT2D eigenvalue weighted by molar-refractivity contribution is 5.50. The Hall–Kier alpha value is -1.90. The van der Waals surface area contributed by atoms with Crippen molar-refractivity contribution in [3.05, 3.63) is 51.9 Å². The SMILES string of the molecule is O=c1nc2c(n3cccc13)=CC=CC2. The van der Waals surface area contributed by atoms with Crippen LogP contribution in [0.5, 0.6) is 0 Å². The van der Waals surface area contributed by atoms with Crippen LogP contribution in [0.25, 0.3) is 11.6 Å². The first-order chi connectivity index (χ1) is 6.86. The molecule has 0 saturated heterocycles. The van der Waals surface area contributed by atoms with Crippen molar-refractivity contribution < 1.29 is 0 Å². The minimum Gasteiger partial charge on any atom is -0.310 e. The van der Waals surface area contributed by atoms with Gasteiger partial charge in [0, 0.05) is 12.6 Å². The third-order valence-electron chi connectivity index (χ3n) is 2.46. The van der Waals surface area contributed by atoms with Crippen molar-refractivity contribution in [2.45, 2.75) is 6.42 Å². The van der Waals surface area contributed by atoms with E-state index >= 15 is 0 Å². The lowest BCUT2D eigenvalue weighted by Crippen LogP contribution is -2.28. The van der Waals surface area contributed by atoms with Gasteiger partial charge in [-0.25, -0.2) is 4.98 Å². The highest BCUT2D eigenvalue weighted by Gasteiger charge is 2.06. The van der Waals surface area contributed by atoms with Gasteiger partial charge < -0.3 is 4.40 Å². The molecule has 0 saturated carbocycles. The summed E-state index contributed by atoms with van der Waals surface area (Å²) in [6, 6.07) is 3.66. The summed E-state index contributed by atoms with van der Waals surface area (Å²) in [5, 5.41) is 1.02. The van der Waals surface area contributed by atoms with Crippen LogP contribution in [-0.2, 0) is 6.42 Å². The van der Waals surface area contributed by atoms with Crippen LogP contribution in [0.3, 0.4) is 0 Å². The van der Waals surface area contributed by atoms with E-state index in [0.717, 1.165) is 17.5 Å². The maximum absolute atomic E-state index is 11.5. The lowest BCUT2D eigenvalue weighted by atomic mass is 10.2. The second kappa shape index (κ2) is 2.54. The van der Waals surface area contributed by atoms with Crippen molar-refractivity contribution in [1.82, 2.24) is 9.38 Å². The van der Waals surface area contributed by atoms with E-state index in [-0.39, 0.29) is 5.56 Å². The fourth-order valence-corrected chi connectivity index (χ4v) is 1.81. The zero-order valence-corrected chi connectivity index (χ0v) is 7.47. The van der Waals surface area contributed by atoms with Crippen molar-refractivity contribution >= 4 is 11.6 Å². The van der Waals surface area contributed by atoms with Gasteiger partial charge in [0.25, 0.3) is 5.56 Å². The van der Waals surface area contributed by atoms with E-state index in [1.165, 1.54) is 0 Å². The summed E-state index contributed by atoms with van der Waals surface area (Å²) in [5.74, 6) is 0. The first-order valence-electron chi connectivity index (χ1n) is 4.53. The number of fused-ring (bicyclic) bond motifs is 3. The Morgan fingerprint density at radius 3 is 3.29 bits per heavy atom. The van der Waals surface area contributed by atoms with E-state index in [4.69, 9.17) is 0 Å². The zero-order chi connectivity index (χ0) is 9.54. The Balaban J connectivity index is 2.64. The Kier molecular flexibility index (Phi) is 1.36. The topological polar surface area (TPSA) is 34.4 Å². The first kappa shape index (κ1) is 7.50. The smallest absolute Gasteiger partial charge is 0.294 e. The maximum atomic E-state index is 11.5. The molecule has 0 N–H and O–H groups in total. The predicted octanol–water partition coefficient (Wildman–Crippen LogP) is 0.306. The molecule has 0 amide bonds. The van der Waals surface area contributed by atoms with Gasteiger partial charge >= 0.3 is 0 Å². The highest BCUT2D eigenvalue weighted by Crippen LogP contribution is 1.99. The van der Waals surface area contributed by atoms with E-state index in [1.807, 2.05) is 34.9 Å². The molecule has 0 radical (unpaired) electrons. The van der Waals surface area contributed by atoms with Gasteiger partial charge in [0.15, 0.2) is 0 Å². The van der Waals surface area contributed by atoms with Gasteiger partial charge in [0.1, 0.15) is 5.52 Å². The van der Waals surface area contributed by atoms with E-state index in [0.29, 0.717) is 5.52 Å². The highest BCUT2D eigenvalue weighted by atomic mass is 16.1. The summed E-state index contributed by atoms with van der Waals surface area (Å²) < 4.78 is 1.90. The minimum atomic E-state index is -0.141. The van der Waals surface area contributed by atoms with Gasteiger partial charge in [-0.15, -0.1) is 0 Å². The van der Waals surface area contributed by atoms with E-state index in [1.54, 1.807) is 6.07 Å². The summed E-state index contributed by atoms with van der Waals surface area (Å²) in [6.45, 7) is 0. The van der Waals surface area contributed by atoms with Crippen LogP contribution in [0.15, 0.2) is 35.3 Å². The van der Waals surface area contributed by atoms with Gasteiger partial charge in [-0.05, 0) is 18.2 Å². The molecule has 68 valence electrons. The fourth-order valence-electron chi connectivity index (χ4n) is 1.81. The molecule has 2 heterocycles. The normalized spacial score (nSPS) is 14.0. The molecule has 1 aliphatic carbocycles. The van der Waals surface area contributed by atoms with E-state index in [9.17, 15) is 4.79 Å². The molecule has 2 aromatic heterocycles. The van der Waals surface area contributed by atoms with E-state index < -0.39 is 0 Å². The van der Waals surface area contributed by atoms with Crippen LogP contribution < -0.4 is 10.9 Å². The van der Waals surface area contributed by atoms with Gasteiger partial charge in [0.05, 0.1) is 11.0 Å². The molecular formula is C11H8N2O. The molecule has 0 spiro atoms. The number of hydrogen-bond donors (Lipinski definition) is 0. The first-order valence-corrected chi connectivity index (χ1v) is 4.53. The van der Waals surface area contributed by atoms with Crippen molar-refractivity contribution in [1.29, 1.82) is 0 Å². The summed E-state index contributed by atoms with van der Waals surface area (Å²) in [7, 11) is 0. The maximum Gasteiger partial charge on any atom is 0.294 e. The third kappa shape index (κ3) is 0.865. The monoisotopic (exact) mass is 184 g/mol. The summed E-state index contributed by atoms with van der Waals surface area (Å²) >= 11 is 0. The molecule has 0 fully saturated rings. The van der Waals surface area contributed by atoms with E-state index in [2.05, 4.69) is 4.98 Å². The standard InChI is InChI=1S/C11H8N2O/c14-11-10-6-3-7-13(10)9-5-2-1-4-8(9)12-11/h1-3,5-7H,4H2. The molecule has 2 aromatic rings. The zero-order valence-electron chi connectivity index (χ0n) is 7.47. The van der Waals surface area contributed by atoms with Crippen LogP contribution in [0.2, 0.25) is 0 Å². The average molecular weight is 184 g/mol. The fraction of sp³-hybridized carbons (Fsp3) is 0.0909. The van der Waals surface area contributed by atoms with Gasteiger partial charge in [-0.1, -0.05) is 12.2 Å². The quantitative estimate of drug-likeness (QED) is 0.590. The van der Waals surface area contributed by atoms with Crippen LogP contribution in [0, 0.1) is 0 Å². The Morgan fingerprint density at radius 1 is 1.43 bits per heavy atom. The number of allylic oxidation sites excluding steroid dienone is 2. The average Bonchev–Trinajstić information content (AvgIpc) is 2.67. The second-order valence-corrected chi connectivity index (χ2v) is 3.31. The van der Waals surface area contributed by atoms with Crippen molar-refractivity contribution in [2.24, 2.45) is 0 Å². The number of hydrogen-bond acceptors (Lipinski definition) is 2. The molecule has 3 heteroatoms. The largest absolute Gasteiger partial charge is 0.310 e. The molecular weight excluding hydrogens is 176 g/mol. The van der Waals surface area contributed by atoms with Crippen LogP contribution in [0.1, 0.15) is 5.69 Å². The summed E-state index contributed by atoms with van der Waals surface area (Å²) in [5.41, 5.74) is 1.37. The molecule has 3 rings (SSSR count). The van der Waals surface area contributed by atoms with Crippen molar-refractivity contribution in [3.63, 3.8) is 0 Å². The third-order valence-corrected chi connectivity index (χ3v) is 2.46. The van der Waals surface area contributed by atoms with Crippen LogP contribution >= 0.6 is 0 Å². The number of rotatable bonds is 0. The Labute approximate surface area is 80.0 Å². The minimum absolute atomic E-state index is 0.141. The Morgan fingerprint density at radius 2 is 2.36 bits per heavy atom. The van der Waals surface area contributed by atoms with Gasteiger partial charge in [0.2, 0.25) is 0 Å². The summed E-state index contributed by atoms with van der Waals surface area (Å²) in [6.07, 6.45) is 8.62. The molecule has 3 nitrogen and oxygen atoms in total. The molecule has 0 atom stereocenters. The van der Waals surface area contributed by atoms with Crippen molar-refractivity contribution in [3.8, 4) is 0 Å². The molecule has 0 aliphatic heterocycles.